The van der Waals surface area contributed by atoms with Crippen LogP contribution >= 0.6 is 34.0 Å². The highest BCUT2D eigenvalue weighted by molar-refractivity contribution is 7.26. The second-order valence-electron chi connectivity index (χ2n) is 28.0. The molecule has 0 fully saturated rings. The van der Waals surface area contributed by atoms with E-state index in [0.29, 0.717) is 5.82 Å². The zero-order valence-corrected chi connectivity index (χ0v) is 59.3. The Labute approximate surface area is 619 Å². The summed E-state index contributed by atoms with van der Waals surface area (Å²) >= 11 is 5.59. The lowest BCUT2D eigenvalue weighted by Crippen LogP contribution is -1.99. The van der Waals surface area contributed by atoms with Gasteiger partial charge in [-0.15, -0.1) is 34.0 Å². The molecule has 106 heavy (non-hydrogen) atoms. The largest absolute Gasteiger partial charge is 0.309 e. The van der Waals surface area contributed by atoms with Gasteiger partial charge in [0.2, 0.25) is 0 Å². The minimum absolute atomic E-state index is 0.651. The summed E-state index contributed by atoms with van der Waals surface area (Å²) in [6.07, 6.45) is 0. The summed E-state index contributed by atoms with van der Waals surface area (Å²) in [6, 6.07) is 128. The predicted molar refractivity (Wildman–Crippen MR) is 454 cm³/mol. The maximum Gasteiger partial charge on any atom is 0.160 e. The number of thiophene rings is 3. The Bertz CT molecular complexity index is 7680. The highest BCUT2D eigenvalue weighted by atomic mass is 32.1. The quantitative estimate of drug-likeness (QED) is 0.144. The van der Waals surface area contributed by atoms with E-state index in [0.717, 1.165) is 89.0 Å². The lowest BCUT2D eigenvalue weighted by Gasteiger charge is -2.15. The number of hydrogen-bond donors (Lipinski definition) is 0. The summed E-state index contributed by atoms with van der Waals surface area (Å²) in [7, 11) is 0. The topological polar surface area (TPSA) is 40.6 Å². The van der Waals surface area contributed by atoms with Crippen LogP contribution in [-0.2, 0) is 0 Å². The molecular formula is C98H57N5S3. The van der Waals surface area contributed by atoms with Crippen molar-refractivity contribution < 1.29 is 0 Å². The molecule has 0 unspecified atom stereocenters. The normalized spacial score (nSPS) is 12.2. The number of hydrogen-bond acceptors (Lipinski definition) is 5. The van der Waals surface area contributed by atoms with Crippen LogP contribution in [0.3, 0.4) is 0 Å². The molecule has 23 rings (SSSR count). The molecule has 16 aromatic carbocycles. The Morgan fingerprint density at radius 3 is 0.915 bits per heavy atom. The van der Waals surface area contributed by atoms with Gasteiger partial charge in [0.15, 0.2) is 5.82 Å². The third-order valence-electron chi connectivity index (χ3n) is 22.0. The van der Waals surface area contributed by atoms with Gasteiger partial charge in [-0.05, 0) is 184 Å². The average Bonchev–Trinajstić information content (AvgIpc) is 1.63. The van der Waals surface area contributed by atoms with Crippen LogP contribution in [-0.4, -0.2) is 23.7 Å². The van der Waals surface area contributed by atoms with Crippen molar-refractivity contribution in [3.63, 3.8) is 0 Å². The SMILES string of the molecule is c1cc(-c2ccc3nc(-c4cccc(-n5c6ccccc6c6cc(-c7ccc8c(c7)sc7ccccc78)ccc65)c4)nc(-c4cccc(-n5c6ccccc6c6cc(-c7ccc8c(c7)sc7ccccc78)ccc65)c4)c3c2)cc(-n2c3ccccc3c3cc(-c4ccc5c(c4)sc4ccccc45)ccc32)c1. The van der Waals surface area contributed by atoms with E-state index >= 15 is 0 Å². The Hall–Kier alpha value is -13.1. The number of rotatable bonds is 9. The highest BCUT2D eigenvalue weighted by Gasteiger charge is 2.22. The lowest BCUT2D eigenvalue weighted by molar-refractivity contribution is 1.17. The first-order valence-electron chi connectivity index (χ1n) is 36.0. The molecule has 0 saturated heterocycles. The average molecular weight is 1400 g/mol. The van der Waals surface area contributed by atoms with Gasteiger partial charge >= 0.3 is 0 Å². The summed E-state index contributed by atoms with van der Waals surface area (Å²) in [5.74, 6) is 0.651. The van der Waals surface area contributed by atoms with Crippen molar-refractivity contribution in [2.45, 2.75) is 0 Å². The van der Waals surface area contributed by atoms with Crippen LogP contribution in [0.5, 0.6) is 0 Å². The summed E-state index contributed by atoms with van der Waals surface area (Å²) in [4.78, 5) is 11.3. The van der Waals surface area contributed by atoms with Crippen molar-refractivity contribution in [3.05, 3.63) is 346 Å². The first kappa shape index (κ1) is 59.4. The van der Waals surface area contributed by atoms with E-state index in [9.17, 15) is 0 Å². The molecule has 0 aliphatic carbocycles. The minimum Gasteiger partial charge on any atom is -0.309 e. The molecule has 0 N–H and O–H groups in total. The molecule has 0 aliphatic rings. The van der Waals surface area contributed by atoms with Crippen LogP contribution < -0.4 is 0 Å². The van der Waals surface area contributed by atoms with Crippen LogP contribution in [0.4, 0.5) is 0 Å². The maximum atomic E-state index is 5.78. The second-order valence-corrected chi connectivity index (χ2v) is 31.2. The molecule has 7 aromatic heterocycles. The van der Waals surface area contributed by atoms with Crippen LogP contribution in [0.25, 0.3) is 221 Å². The van der Waals surface area contributed by atoms with Crippen molar-refractivity contribution in [3.8, 4) is 84.2 Å². The van der Waals surface area contributed by atoms with Crippen LogP contribution in [0.1, 0.15) is 0 Å². The Kier molecular flexibility index (Phi) is 13.0. The van der Waals surface area contributed by atoms with Crippen molar-refractivity contribution in [2.75, 3.05) is 0 Å². The zero-order chi connectivity index (χ0) is 69.2. The molecule has 5 nitrogen and oxygen atoms in total. The van der Waals surface area contributed by atoms with E-state index in [-0.39, 0.29) is 0 Å². The van der Waals surface area contributed by atoms with Gasteiger partial charge < -0.3 is 13.7 Å². The molecule has 0 atom stereocenters. The van der Waals surface area contributed by atoms with Crippen molar-refractivity contribution >= 4 is 171 Å². The zero-order valence-electron chi connectivity index (χ0n) is 56.9. The smallest absolute Gasteiger partial charge is 0.160 e. The first-order chi connectivity index (χ1) is 52.5. The number of para-hydroxylation sites is 3. The van der Waals surface area contributed by atoms with Crippen molar-refractivity contribution in [1.29, 1.82) is 0 Å². The van der Waals surface area contributed by atoms with Gasteiger partial charge in [-0.2, -0.15) is 0 Å². The summed E-state index contributed by atoms with van der Waals surface area (Å²) in [6.45, 7) is 0. The van der Waals surface area contributed by atoms with E-state index in [1.54, 1.807) is 0 Å². The monoisotopic (exact) mass is 1400 g/mol. The van der Waals surface area contributed by atoms with Gasteiger partial charge in [0, 0.05) is 126 Å². The van der Waals surface area contributed by atoms with E-state index in [2.05, 4.69) is 359 Å². The molecule has 0 amide bonds. The summed E-state index contributed by atoms with van der Waals surface area (Å²) in [5, 5.41) is 16.1. The molecule has 0 saturated carbocycles. The fourth-order valence-corrected chi connectivity index (χ4v) is 20.5. The Balaban J connectivity index is 0.661. The number of aromatic nitrogens is 5. The molecule has 0 spiro atoms. The van der Waals surface area contributed by atoms with Gasteiger partial charge in [0.05, 0.1) is 44.3 Å². The number of fused-ring (bicyclic) bond motifs is 19. The Morgan fingerprint density at radius 1 is 0.179 bits per heavy atom. The maximum absolute atomic E-state index is 5.78. The fraction of sp³-hybridized carbons (Fsp3) is 0. The van der Waals surface area contributed by atoms with Crippen LogP contribution in [0, 0.1) is 0 Å². The summed E-state index contributed by atoms with van der Waals surface area (Å²) < 4.78 is 15.1. The lowest BCUT2D eigenvalue weighted by atomic mass is 9.99. The third-order valence-corrected chi connectivity index (χ3v) is 25.4. The first-order valence-corrected chi connectivity index (χ1v) is 38.4. The molecule has 492 valence electrons. The fourth-order valence-electron chi connectivity index (χ4n) is 17.1. The molecular weight excluding hydrogens is 1340 g/mol. The van der Waals surface area contributed by atoms with E-state index in [1.165, 1.54) is 126 Å². The third kappa shape index (κ3) is 9.25. The molecule has 0 radical (unpaired) electrons. The van der Waals surface area contributed by atoms with Gasteiger partial charge in [-0.25, -0.2) is 9.97 Å². The molecule has 8 heteroatoms. The van der Waals surface area contributed by atoms with Crippen LogP contribution in [0.2, 0.25) is 0 Å². The van der Waals surface area contributed by atoms with Gasteiger partial charge in [0.25, 0.3) is 0 Å². The van der Waals surface area contributed by atoms with E-state index in [4.69, 9.17) is 9.97 Å². The van der Waals surface area contributed by atoms with Crippen molar-refractivity contribution in [1.82, 2.24) is 23.7 Å². The van der Waals surface area contributed by atoms with Gasteiger partial charge in [-0.1, -0.05) is 206 Å². The Morgan fingerprint density at radius 2 is 0.481 bits per heavy atom. The molecule has 23 aromatic rings. The molecule has 0 aliphatic heterocycles. The summed E-state index contributed by atoms with van der Waals surface area (Å²) in [5.41, 5.74) is 23.1. The number of nitrogens with zero attached hydrogens (tertiary/aromatic N) is 5. The van der Waals surface area contributed by atoms with E-state index < -0.39 is 0 Å². The van der Waals surface area contributed by atoms with Gasteiger partial charge in [0.1, 0.15) is 0 Å². The molecule has 7 heterocycles. The minimum atomic E-state index is 0.651. The van der Waals surface area contributed by atoms with Crippen LogP contribution in [0.15, 0.2) is 346 Å². The second kappa shape index (κ2) is 23.2. The molecule has 0 bridgehead atoms. The standard InChI is InChI=1S/C98H57N5S3/c1-7-28-85-71(22-1)80-51-60(63-34-41-77-74-25-4-10-31-91(74)104-94(77)55-63)38-45-88(80)101(85)68-19-13-16-58(48-68)59-37-44-84-83(54-59)97(66-17-14-20-69(49-66)102-86-29-8-2-23-72(86)81-52-61(39-46-89(81)102)64-35-42-78-75-26-5-11-32-92(75)105-95(78)56-64)100-98(99-84)67-18-15-21-70(50-67)103-87-30-9-3-24-73(87)82-53-62(40-47-90(82)103)65-36-43-79-76-27-6-12-33-93(76)106-96(79)57-65/h1-57H. The highest BCUT2D eigenvalue weighted by Crippen LogP contribution is 2.45. The van der Waals surface area contributed by atoms with Crippen molar-refractivity contribution in [2.24, 2.45) is 0 Å². The number of benzene rings is 16. The van der Waals surface area contributed by atoms with E-state index in [1.807, 2.05) is 34.0 Å². The van der Waals surface area contributed by atoms with Gasteiger partial charge in [-0.3, -0.25) is 0 Å². The predicted octanol–water partition coefficient (Wildman–Crippen LogP) is 28.0.